The minimum atomic E-state index is 0.0300. The summed E-state index contributed by atoms with van der Waals surface area (Å²) in [5.74, 6) is 1.73. The Balaban J connectivity index is 1.82. The van der Waals surface area contributed by atoms with Crippen LogP contribution in [-0.2, 0) is 0 Å². The summed E-state index contributed by atoms with van der Waals surface area (Å²) in [7, 11) is 1.48. The molecule has 3 aromatic rings. The maximum atomic E-state index is 9.88. The second kappa shape index (κ2) is 8.89. The monoisotopic (exact) mass is 463 g/mol. The zero-order valence-electron chi connectivity index (χ0n) is 15.1. The predicted octanol–water partition coefficient (Wildman–Crippen LogP) is 4.06. The van der Waals surface area contributed by atoms with Gasteiger partial charge in [-0.05, 0) is 77.0 Å². The van der Waals surface area contributed by atoms with E-state index in [1.807, 2.05) is 31.2 Å². The van der Waals surface area contributed by atoms with Gasteiger partial charge in [0.25, 0.3) is 0 Å². The van der Waals surface area contributed by atoms with Crippen LogP contribution in [0, 0.1) is 4.77 Å². The van der Waals surface area contributed by atoms with Gasteiger partial charge in [0.2, 0.25) is 4.77 Å². The molecule has 146 valence electrons. The lowest BCUT2D eigenvalue weighted by Crippen LogP contribution is -2.10. The molecule has 3 N–H and O–H groups in total. The molecule has 0 unspecified atom stereocenters. The summed E-state index contributed by atoms with van der Waals surface area (Å²) in [5, 5.41) is 21.1. The van der Waals surface area contributed by atoms with Crippen LogP contribution in [0.2, 0.25) is 0 Å². The molecular formula is C18H18BrN5O3S. The van der Waals surface area contributed by atoms with E-state index >= 15 is 0 Å². The van der Waals surface area contributed by atoms with Crippen LogP contribution in [0.1, 0.15) is 12.5 Å². The first kappa shape index (κ1) is 19.9. The Labute approximate surface area is 174 Å². The molecule has 0 spiro atoms. The number of aromatic hydroxyl groups is 1. The Kier molecular flexibility index (Phi) is 6.32. The molecule has 0 radical (unpaired) electrons. The van der Waals surface area contributed by atoms with Gasteiger partial charge in [0.15, 0.2) is 17.3 Å². The first-order chi connectivity index (χ1) is 13.5. The van der Waals surface area contributed by atoms with Gasteiger partial charge in [-0.3, -0.25) is 0 Å². The van der Waals surface area contributed by atoms with E-state index < -0.39 is 0 Å². The number of aromatic amines is 1. The molecule has 10 heteroatoms. The summed E-state index contributed by atoms with van der Waals surface area (Å²) in [6.45, 7) is 2.54. The van der Waals surface area contributed by atoms with E-state index in [4.69, 9.17) is 21.7 Å². The van der Waals surface area contributed by atoms with E-state index in [9.17, 15) is 5.11 Å². The molecule has 0 bridgehead atoms. The molecule has 0 aliphatic rings. The molecule has 3 rings (SSSR count). The summed E-state index contributed by atoms with van der Waals surface area (Å²) < 4.78 is 13.0. The Morgan fingerprint density at radius 2 is 2.11 bits per heavy atom. The van der Waals surface area contributed by atoms with E-state index in [0.29, 0.717) is 33.0 Å². The van der Waals surface area contributed by atoms with Gasteiger partial charge < -0.3 is 14.6 Å². The summed E-state index contributed by atoms with van der Waals surface area (Å²) in [5.41, 5.74) is 4.41. The normalized spacial score (nSPS) is 11.0. The number of H-pyrrole nitrogens is 1. The first-order valence-electron chi connectivity index (χ1n) is 8.29. The number of nitrogens with one attached hydrogen (secondary N) is 2. The number of phenols is 1. The Hall–Kier alpha value is -2.85. The minimum absolute atomic E-state index is 0.0300. The number of rotatable bonds is 7. The van der Waals surface area contributed by atoms with Crippen LogP contribution in [0.3, 0.4) is 0 Å². The molecule has 1 aromatic heterocycles. The maximum Gasteiger partial charge on any atom is 0.216 e. The van der Waals surface area contributed by atoms with Gasteiger partial charge in [0.05, 0.1) is 24.4 Å². The van der Waals surface area contributed by atoms with Crippen LogP contribution in [0.15, 0.2) is 46.0 Å². The topological polar surface area (TPSA) is 96.7 Å². The molecule has 0 atom stereocenters. The molecule has 0 saturated carbocycles. The van der Waals surface area contributed by atoms with Crippen LogP contribution in [0.25, 0.3) is 11.4 Å². The van der Waals surface area contributed by atoms with Crippen molar-refractivity contribution in [1.29, 1.82) is 0 Å². The third kappa shape index (κ3) is 4.34. The number of ether oxygens (including phenoxy) is 2. The Bertz CT molecular complexity index is 1050. The van der Waals surface area contributed by atoms with Crippen LogP contribution < -0.4 is 15.0 Å². The SMILES string of the molecule is CCOc1ccc(-c2n[nH]c(=S)n2NN=Cc2cc(Br)c(O)c(OC)c2)cc1. The number of hydrogen-bond acceptors (Lipinski definition) is 7. The van der Waals surface area contributed by atoms with Crippen molar-refractivity contribution in [3.63, 3.8) is 0 Å². The molecular weight excluding hydrogens is 446 g/mol. The predicted molar refractivity (Wildman–Crippen MR) is 113 cm³/mol. The van der Waals surface area contributed by atoms with E-state index in [0.717, 1.165) is 11.3 Å². The molecule has 1 heterocycles. The molecule has 0 amide bonds. The molecule has 0 saturated heterocycles. The number of hydrazone groups is 1. The zero-order chi connectivity index (χ0) is 20.1. The number of halogens is 1. The molecule has 2 aromatic carbocycles. The van der Waals surface area contributed by atoms with Crippen molar-refractivity contribution >= 4 is 34.4 Å². The van der Waals surface area contributed by atoms with E-state index in [2.05, 4.69) is 36.8 Å². The van der Waals surface area contributed by atoms with Gasteiger partial charge in [-0.15, -0.1) is 0 Å². The van der Waals surface area contributed by atoms with Gasteiger partial charge in [0, 0.05) is 5.56 Å². The van der Waals surface area contributed by atoms with Crippen LogP contribution in [0.5, 0.6) is 17.2 Å². The molecule has 0 aliphatic carbocycles. The van der Waals surface area contributed by atoms with Crippen molar-refractivity contribution in [2.45, 2.75) is 6.92 Å². The number of methoxy groups -OCH3 is 1. The second-order valence-electron chi connectivity index (χ2n) is 5.56. The molecule has 0 aliphatic heterocycles. The van der Waals surface area contributed by atoms with Gasteiger partial charge in [-0.2, -0.15) is 14.9 Å². The van der Waals surface area contributed by atoms with Crippen LogP contribution in [0.4, 0.5) is 0 Å². The van der Waals surface area contributed by atoms with Gasteiger partial charge in [0.1, 0.15) is 5.75 Å². The fourth-order valence-electron chi connectivity index (χ4n) is 2.44. The standard InChI is InChI=1S/C18H18BrN5O3S/c1-3-27-13-6-4-12(5-7-13)17-21-22-18(28)24(17)23-20-10-11-8-14(19)16(25)15(9-11)26-2/h4-10,23,25H,3H2,1-2H3,(H,22,28). The van der Waals surface area contributed by atoms with Crippen molar-refractivity contribution in [3.8, 4) is 28.6 Å². The highest BCUT2D eigenvalue weighted by Gasteiger charge is 2.10. The fourth-order valence-corrected chi connectivity index (χ4v) is 3.07. The second-order valence-corrected chi connectivity index (χ2v) is 6.80. The van der Waals surface area contributed by atoms with Crippen molar-refractivity contribution in [1.82, 2.24) is 14.9 Å². The molecule has 0 fully saturated rings. The quantitative estimate of drug-likeness (QED) is 0.277. The highest BCUT2D eigenvalue weighted by molar-refractivity contribution is 9.10. The summed E-state index contributed by atoms with van der Waals surface area (Å²) in [6, 6.07) is 10.9. The van der Waals surface area contributed by atoms with E-state index in [1.165, 1.54) is 7.11 Å². The summed E-state index contributed by atoms with van der Waals surface area (Å²) >= 11 is 8.55. The number of aromatic nitrogens is 3. The molecule has 28 heavy (non-hydrogen) atoms. The Morgan fingerprint density at radius 1 is 1.36 bits per heavy atom. The number of benzene rings is 2. The van der Waals surface area contributed by atoms with E-state index in [1.54, 1.807) is 23.0 Å². The number of hydrogen-bond donors (Lipinski definition) is 3. The van der Waals surface area contributed by atoms with E-state index in [-0.39, 0.29) is 5.75 Å². The first-order valence-corrected chi connectivity index (χ1v) is 9.49. The third-order valence-electron chi connectivity index (χ3n) is 3.74. The van der Waals surface area contributed by atoms with Crippen molar-refractivity contribution < 1.29 is 14.6 Å². The van der Waals surface area contributed by atoms with Crippen molar-refractivity contribution in [3.05, 3.63) is 51.2 Å². The van der Waals surface area contributed by atoms with Gasteiger partial charge in [-0.25, -0.2) is 10.6 Å². The smallest absolute Gasteiger partial charge is 0.216 e. The highest BCUT2D eigenvalue weighted by Crippen LogP contribution is 2.34. The highest BCUT2D eigenvalue weighted by atomic mass is 79.9. The number of phenolic OH excluding ortho intramolecular Hbond substituents is 1. The molecule has 8 nitrogen and oxygen atoms in total. The van der Waals surface area contributed by atoms with Crippen LogP contribution >= 0.6 is 28.1 Å². The Morgan fingerprint density at radius 3 is 2.79 bits per heavy atom. The average molecular weight is 464 g/mol. The fraction of sp³-hybridized carbons (Fsp3) is 0.167. The van der Waals surface area contributed by atoms with Crippen molar-refractivity contribution in [2.24, 2.45) is 5.10 Å². The average Bonchev–Trinajstić information content (AvgIpc) is 3.06. The maximum absolute atomic E-state index is 9.88. The lowest BCUT2D eigenvalue weighted by atomic mass is 10.2. The van der Waals surface area contributed by atoms with Gasteiger partial charge in [-0.1, -0.05) is 0 Å². The summed E-state index contributed by atoms with van der Waals surface area (Å²) in [4.78, 5) is 0. The lowest BCUT2D eigenvalue weighted by molar-refractivity contribution is 0.340. The minimum Gasteiger partial charge on any atom is -0.503 e. The largest absolute Gasteiger partial charge is 0.503 e. The third-order valence-corrected chi connectivity index (χ3v) is 4.62. The summed E-state index contributed by atoms with van der Waals surface area (Å²) in [6.07, 6.45) is 1.57. The van der Waals surface area contributed by atoms with Gasteiger partial charge >= 0.3 is 0 Å². The zero-order valence-corrected chi connectivity index (χ0v) is 17.5. The number of nitrogens with zero attached hydrogens (tertiary/aromatic N) is 3. The van der Waals surface area contributed by atoms with Crippen LogP contribution in [-0.4, -0.2) is 39.9 Å². The van der Waals surface area contributed by atoms with Crippen molar-refractivity contribution in [2.75, 3.05) is 19.3 Å². The lowest BCUT2D eigenvalue weighted by Gasteiger charge is -2.08.